The van der Waals surface area contributed by atoms with Crippen molar-refractivity contribution in [1.29, 1.82) is 0 Å². The van der Waals surface area contributed by atoms with Crippen LogP contribution in [0.5, 0.6) is 0 Å². The Bertz CT molecular complexity index is 533. The fourth-order valence-electron chi connectivity index (χ4n) is 2.74. The van der Waals surface area contributed by atoms with Crippen LogP contribution in [0.4, 0.5) is 10.7 Å². The number of amides is 1. The van der Waals surface area contributed by atoms with Crippen LogP contribution >= 0.6 is 11.3 Å². The second-order valence-corrected chi connectivity index (χ2v) is 6.46. The molecule has 0 atom stereocenters. The molecule has 1 fully saturated rings. The molecule has 1 aliphatic carbocycles. The fraction of sp³-hybridized carbons (Fsp3) is 0.600. The van der Waals surface area contributed by atoms with E-state index < -0.39 is 0 Å². The van der Waals surface area contributed by atoms with E-state index in [4.69, 9.17) is 5.73 Å². The number of carbonyl (C=O) groups is 2. The van der Waals surface area contributed by atoms with Gasteiger partial charge in [-0.15, -0.1) is 11.3 Å². The zero-order chi connectivity index (χ0) is 15.4. The van der Waals surface area contributed by atoms with Crippen LogP contribution in [-0.4, -0.2) is 25.3 Å². The summed E-state index contributed by atoms with van der Waals surface area (Å²) in [4.78, 5) is 24.5. The first-order chi connectivity index (χ1) is 10.1. The van der Waals surface area contributed by atoms with Crippen molar-refractivity contribution in [3.8, 4) is 0 Å². The van der Waals surface area contributed by atoms with Gasteiger partial charge >= 0.3 is 0 Å². The van der Waals surface area contributed by atoms with Crippen LogP contribution < -0.4 is 16.4 Å². The number of nitrogens with two attached hydrogens (primary N) is 1. The first kappa shape index (κ1) is 15.8. The number of anilines is 2. The van der Waals surface area contributed by atoms with Crippen molar-refractivity contribution >= 4 is 33.7 Å². The van der Waals surface area contributed by atoms with Gasteiger partial charge in [-0.2, -0.15) is 0 Å². The predicted molar refractivity (Wildman–Crippen MR) is 87.2 cm³/mol. The van der Waals surface area contributed by atoms with Crippen molar-refractivity contribution in [2.45, 2.75) is 39.0 Å². The SMILES string of the molecule is CCC(=O)c1sc(NCC2CCCC2)c(C(=O)NC)c1N. The van der Waals surface area contributed by atoms with Gasteiger partial charge in [0, 0.05) is 20.0 Å². The van der Waals surface area contributed by atoms with Gasteiger partial charge in [0.1, 0.15) is 5.00 Å². The monoisotopic (exact) mass is 309 g/mol. The van der Waals surface area contributed by atoms with E-state index >= 15 is 0 Å². The van der Waals surface area contributed by atoms with E-state index in [1.807, 2.05) is 0 Å². The first-order valence-electron chi connectivity index (χ1n) is 7.49. The third-order valence-electron chi connectivity index (χ3n) is 4.00. The number of rotatable bonds is 6. The summed E-state index contributed by atoms with van der Waals surface area (Å²) in [5, 5.41) is 6.65. The molecule has 6 heteroatoms. The third kappa shape index (κ3) is 3.37. The Morgan fingerprint density at radius 2 is 2.00 bits per heavy atom. The normalized spacial score (nSPS) is 15.1. The second kappa shape index (κ2) is 6.93. The van der Waals surface area contributed by atoms with Crippen molar-refractivity contribution in [3.05, 3.63) is 10.4 Å². The van der Waals surface area contributed by atoms with E-state index in [1.165, 1.54) is 37.0 Å². The average Bonchev–Trinajstić information content (AvgIpc) is 3.11. The molecule has 0 spiro atoms. The predicted octanol–water partition coefficient (Wildman–Crippen LogP) is 2.88. The highest BCUT2D eigenvalue weighted by Gasteiger charge is 2.25. The van der Waals surface area contributed by atoms with Gasteiger partial charge in [0.25, 0.3) is 5.91 Å². The Kier molecular flexibility index (Phi) is 5.22. The molecule has 0 bridgehead atoms. The highest BCUT2D eigenvalue weighted by Crippen LogP contribution is 2.37. The molecule has 5 nitrogen and oxygen atoms in total. The standard InChI is InChI=1S/C15H23N3O2S/c1-3-10(19)13-12(16)11(14(20)17-2)15(21-13)18-8-9-6-4-5-7-9/h9,18H,3-8,16H2,1-2H3,(H,17,20). The minimum atomic E-state index is -0.243. The lowest BCUT2D eigenvalue weighted by Gasteiger charge is -2.11. The molecule has 0 aromatic carbocycles. The Labute approximate surface area is 129 Å². The van der Waals surface area contributed by atoms with Crippen LogP contribution in [0, 0.1) is 5.92 Å². The molecule has 116 valence electrons. The van der Waals surface area contributed by atoms with Crippen LogP contribution in [-0.2, 0) is 0 Å². The van der Waals surface area contributed by atoms with Crippen molar-refractivity contribution in [1.82, 2.24) is 5.32 Å². The maximum absolute atomic E-state index is 12.0. The molecule has 0 aliphatic heterocycles. The Morgan fingerprint density at radius 3 is 2.57 bits per heavy atom. The molecule has 2 rings (SSSR count). The zero-order valence-corrected chi connectivity index (χ0v) is 13.4. The Hall–Kier alpha value is -1.56. The number of ketones is 1. The number of Topliss-reactive ketones (excluding diaryl/α,β-unsaturated/α-hetero) is 1. The molecule has 1 saturated carbocycles. The summed E-state index contributed by atoms with van der Waals surface area (Å²) in [5.74, 6) is 0.389. The highest BCUT2D eigenvalue weighted by atomic mass is 32.1. The van der Waals surface area contributed by atoms with Crippen molar-refractivity contribution in [2.75, 3.05) is 24.6 Å². The molecule has 4 N–H and O–H groups in total. The third-order valence-corrected chi connectivity index (χ3v) is 5.20. The Balaban J connectivity index is 2.24. The molecule has 1 amide bonds. The maximum Gasteiger partial charge on any atom is 0.256 e. The van der Waals surface area contributed by atoms with Gasteiger partial charge in [-0.1, -0.05) is 19.8 Å². The van der Waals surface area contributed by atoms with Gasteiger partial charge in [-0.05, 0) is 18.8 Å². The van der Waals surface area contributed by atoms with E-state index in [9.17, 15) is 9.59 Å². The number of carbonyl (C=O) groups excluding carboxylic acids is 2. The van der Waals surface area contributed by atoms with Crippen LogP contribution in [0.3, 0.4) is 0 Å². The number of thiophene rings is 1. The van der Waals surface area contributed by atoms with Crippen LogP contribution in [0.1, 0.15) is 59.1 Å². The van der Waals surface area contributed by atoms with Gasteiger partial charge in [0.15, 0.2) is 5.78 Å². The van der Waals surface area contributed by atoms with Crippen LogP contribution in [0.2, 0.25) is 0 Å². The summed E-state index contributed by atoms with van der Waals surface area (Å²) in [7, 11) is 1.57. The summed E-state index contributed by atoms with van der Waals surface area (Å²) in [6.07, 6.45) is 5.40. The number of hydrogen-bond acceptors (Lipinski definition) is 5. The summed E-state index contributed by atoms with van der Waals surface area (Å²) in [6, 6.07) is 0. The van der Waals surface area contributed by atoms with E-state index in [-0.39, 0.29) is 11.7 Å². The summed E-state index contributed by atoms with van der Waals surface area (Å²) < 4.78 is 0. The maximum atomic E-state index is 12.0. The molecule has 21 heavy (non-hydrogen) atoms. The summed E-state index contributed by atoms with van der Waals surface area (Å²) in [5.41, 5.74) is 6.75. The fourth-order valence-corrected chi connectivity index (χ4v) is 3.87. The lowest BCUT2D eigenvalue weighted by molar-refractivity contribution is 0.0964. The molecule has 1 aromatic heterocycles. The van der Waals surface area contributed by atoms with Crippen LogP contribution in [0.15, 0.2) is 0 Å². The van der Waals surface area contributed by atoms with E-state index in [0.29, 0.717) is 28.5 Å². The average molecular weight is 309 g/mol. The van der Waals surface area contributed by atoms with Crippen molar-refractivity contribution < 1.29 is 9.59 Å². The van der Waals surface area contributed by atoms with E-state index in [1.54, 1.807) is 14.0 Å². The minimum Gasteiger partial charge on any atom is -0.397 e. The molecule has 0 unspecified atom stereocenters. The van der Waals surface area contributed by atoms with Gasteiger partial charge in [-0.25, -0.2) is 0 Å². The number of nitrogen functional groups attached to an aromatic ring is 1. The molecule has 1 heterocycles. The zero-order valence-electron chi connectivity index (χ0n) is 12.6. The van der Waals surface area contributed by atoms with Gasteiger partial charge in [-0.3, -0.25) is 9.59 Å². The van der Waals surface area contributed by atoms with E-state index in [0.717, 1.165) is 11.5 Å². The highest BCUT2D eigenvalue weighted by molar-refractivity contribution is 7.19. The summed E-state index contributed by atoms with van der Waals surface area (Å²) in [6.45, 7) is 2.64. The molecular formula is C15H23N3O2S. The molecule has 0 radical (unpaired) electrons. The first-order valence-corrected chi connectivity index (χ1v) is 8.31. The quantitative estimate of drug-likeness (QED) is 0.705. The molecule has 1 aliphatic rings. The van der Waals surface area contributed by atoms with Gasteiger partial charge in [0.2, 0.25) is 0 Å². The second-order valence-electron chi connectivity index (χ2n) is 5.44. The molecule has 1 aromatic rings. The van der Waals surface area contributed by atoms with Gasteiger partial charge < -0.3 is 16.4 Å². The van der Waals surface area contributed by atoms with Crippen LogP contribution in [0.25, 0.3) is 0 Å². The lowest BCUT2D eigenvalue weighted by Crippen LogP contribution is -2.21. The minimum absolute atomic E-state index is 0.0171. The van der Waals surface area contributed by atoms with E-state index in [2.05, 4.69) is 10.6 Å². The largest absolute Gasteiger partial charge is 0.397 e. The Morgan fingerprint density at radius 1 is 1.33 bits per heavy atom. The van der Waals surface area contributed by atoms with Gasteiger partial charge in [0.05, 0.1) is 16.1 Å². The molecular weight excluding hydrogens is 286 g/mol. The number of hydrogen-bond donors (Lipinski definition) is 3. The topological polar surface area (TPSA) is 84.2 Å². The lowest BCUT2D eigenvalue weighted by atomic mass is 10.1. The molecule has 0 saturated heterocycles. The van der Waals surface area contributed by atoms with Crippen molar-refractivity contribution in [2.24, 2.45) is 5.92 Å². The van der Waals surface area contributed by atoms with Crippen molar-refractivity contribution in [3.63, 3.8) is 0 Å². The number of nitrogens with one attached hydrogen (secondary N) is 2. The smallest absolute Gasteiger partial charge is 0.256 e. The summed E-state index contributed by atoms with van der Waals surface area (Å²) >= 11 is 1.30.